The number of aliphatic hydroxyl groups is 5. The average Bonchev–Trinajstić information content (AvgIpc) is 0.714. The number of hydrogen-bond donors (Lipinski definition) is 7. The number of hydrogen-bond acceptors (Lipinski definition) is 18. The zero-order chi connectivity index (χ0) is 81.5. The second-order valence-electron chi connectivity index (χ2n) is 38.5. The molecule has 0 radical (unpaired) electrons. The quantitative estimate of drug-likeness (QED) is 0.0606. The van der Waals surface area contributed by atoms with E-state index in [4.69, 9.17) is 14.2 Å². The van der Waals surface area contributed by atoms with Crippen LogP contribution in [0.2, 0.25) is 0 Å². The number of rotatable bonds is 6. The molecule has 10 aliphatic carbocycles. The number of ketones is 1. The number of halogens is 2. The first-order valence-electron chi connectivity index (χ1n) is 43.7. The summed E-state index contributed by atoms with van der Waals surface area (Å²) in [6.45, 7) is 9.15. The van der Waals surface area contributed by atoms with Crippen molar-refractivity contribution in [2.24, 2.45) is 5.10 Å². The zero-order valence-corrected chi connectivity index (χ0v) is 74.4. The third-order valence-corrected chi connectivity index (χ3v) is 34.7. The van der Waals surface area contributed by atoms with Crippen LogP contribution in [0.4, 0.5) is 4.70 Å². The molecule has 7 N–H and O–H groups in total. The fourth-order valence-electron chi connectivity index (χ4n) is 27.2. The van der Waals surface area contributed by atoms with Gasteiger partial charge in [-0.15, -0.1) is 24.0 Å². The Labute approximate surface area is 732 Å². The van der Waals surface area contributed by atoms with Crippen LogP contribution in [0.15, 0.2) is 125 Å². The van der Waals surface area contributed by atoms with Gasteiger partial charge < -0.3 is 69.3 Å². The van der Waals surface area contributed by atoms with E-state index in [1.807, 2.05) is 25.1 Å². The summed E-state index contributed by atoms with van der Waals surface area (Å²) in [6.07, 6.45) is 25.8. The monoisotopic (exact) mass is 1780 g/mol. The van der Waals surface area contributed by atoms with Gasteiger partial charge in [-0.25, -0.2) is 4.83 Å². The van der Waals surface area contributed by atoms with Crippen molar-refractivity contribution in [1.29, 1.82) is 0 Å². The molecule has 5 saturated carbocycles. The number of benzene rings is 6. The Hall–Kier alpha value is -6.13. The average molecular weight is 1790 g/mol. The van der Waals surface area contributed by atoms with Crippen LogP contribution < -0.4 is 19.0 Å². The second kappa shape index (κ2) is 34.0. The van der Waals surface area contributed by atoms with E-state index < -0.39 is 48.9 Å². The molecule has 5 saturated heterocycles. The predicted octanol–water partition coefficient (Wildman–Crippen LogP) is 14.2. The maximum Gasteiger partial charge on any atom is 0.276 e. The highest BCUT2D eigenvalue weighted by Crippen LogP contribution is 2.64. The number of sulfonamides is 1. The fourth-order valence-corrected chi connectivity index (χ4v) is 28.0. The Morgan fingerprint density at radius 3 is 1.10 bits per heavy atom. The van der Waals surface area contributed by atoms with Crippen molar-refractivity contribution < 1.29 is 64.2 Å². The molecule has 0 unspecified atom stereocenters. The molecule has 0 spiro atoms. The molecule has 21 rings (SSSR count). The summed E-state index contributed by atoms with van der Waals surface area (Å²) < 4.78 is 41.9. The van der Waals surface area contributed by atoms with Gasteiger partial charge in [-0.2, -0.15) is 13.5 Å². The zero-order valence-electron chi connectivity index (χ0n) is 71.2. The number of carbonyl (C=O) groups excluding carboxylic acids is 1. The number of fused-ring (bicyclic) bond motifs is 5. The van der Waals surface area contributed by atoms with Gasteiger partial charge in [0.25, 0.3) is 10.0 Å². The minimum atomic E-state index is -3.75. The lowest BCUT2D eigenvalue weighted by Crippen LogP contribution is -2.72. The van der Waals surface area contributed by atoms with Gasteiger partial charge in [0.15, 0.2) is 0 Å². The third kappa shape index (κ3) is 14.2. The van der Waals surface area contributed by atoms with Crippen LogP contribution in [0.5, 0.6) is 23.0 Å². The van der Waals surface area contributed by atoms with Crippen molar-refractivity contribution in [3.05, 3.63) is 182 Å². The minimum absolute atomic E-state index is 0. The van der Waals surface area contributed by atoms with Gasteiger partial charge in [-0.1, -0.05) is 119 Å². The summed E-state index contributed by atoms with van der Waals surface area (Å²) in [5.41, 5.74) is 11.7. The van der Waals surface area contributed by atoms with Gasteiger partial charge >= 0.3 is 0 Å². The third-order valence-electron chi connectivity index (χ3n) is 33.4. The predicted molar refractivity (Wildman–Crippen MR) is 486 cm³/mol. The lowest BCUT2D eigenvalue weighted by atomic mass is 9.49. The van der Waals surface area contributed by atoms with E-state index in [0.717, 1.165) is 182 Å². The Morgan fingerprint density at radius 2 is 0.708 bits per heavy atom. The summed E-state index contributed by atoms with van der Waals surface area (Å²) in [7, 11) is 12.0. The second-order valence-corrected chi connectivity index (χ2v) is 40.1. The molecule has 19 nitrogen and oxygen atoms in total. The van der Waals surface area contributed by atoms with E-state index in [-0.39, 0.29) is 96.1 Å². The number of likely N-dealkylation sites (N-methyl/N-ethyl adjacent to an activating group) is 5. The molecule has 22 heteroatoms. The van der Waals surface area contributed by atoms with Crippen LogP contribution in [0.3, 0.4) is 0 Å². The van der Waals surface area contributed by atoms with Gasteiger partial charge in [0.05, 0.1) is 54.2 Å². The van der Waals surface area contributed by atoms with E-state index in [1.165, 1.54) is 82.2 Å². The van der Waals surface area contributed by atoms with Crippen molar-refractivity contribution in [2.75, 3.05) is 89.3 Å². The van der Waals surface area contributed by atoms with Crippen LogP contribution in [0, 0.1) is 13.8 Å². The highest BCUT2D eigenvalue weighted by Gasteiger charge is 2.69. The standard InChI is InChI=1S/C25H31N3O4S.C18H23NO3.C18H25NO2.C18H25NO.C17H23NO2.2CH4.FH.HI.H2/c1-17-4-8-21(9-5-17)33(30,31)27-26-19-10-11-25(29)23-14-18-6-7-20(32-3)15-22(18)24(25,16-19)12-13-28(23)2;1-19-8-7-17-11-13(20)5-6-18(17,21)16(19)9-12-3-4-14(22-2)10-15(12)17;1-19-10-9-17-7-3-4-8-18(17,20)16(19)11-13-5-6-14(21-2)12-15(13)17;1-13-5-6-14-12-16-18(20)8-4-3-7-17(18,15(14)11-13)9-10-19(16)2;1-18-9-8-16-6-2-3-7-17(16,20)15(18)10-12-4-5-13(19)11-14(12)16;;;;;/h4-9,15,23,27,29H,10-14,16H2,1-3H3;3-4,10,16,21H,5-9,11H2,1-2H3;5-6,12,16,20H,3-4,7-11H2,1-2H3;5-6,11,16,20H,3-4,7-10,12H2,1-2H3;4-5,11,15,19-20H,2-3,6-10H2,1H3;2*1H4;3*1H/b26-19+;;;;;;;;;/t23-,24-,25-;16-,17-,18-;2*16-,17+,18-;15-,16+,17-;;;;;/m11111...../s1. The van der Waals surface area contributed by atoms with Crippen LogP contribution in [0.25, 0.3) is 0 Å². The molecule has 0 aromatic heterocycles. The van der Waals surface area contributed by atoms with Gasteiger partial charge in [-0.05, 0) is 320 Å². The molecular formula is C98H139FIN7O12S. The molecule has 6 aromatic rings. The van der Waals surface area contributed by atoms with Gasteiger partial charge in [0.1, 0.15) is 28.8 Å². The number of phenolic OH excluding ortho intramolecular Hbond substituents is 1. The van der Waals surface area contributed by atoms with Crippen molar-refractivity contribution in [2.45, 2.75) is 299 Å². The summed E-state index contributed by atoms with van der Waals surface area (Å²) in [5.74, 6) is 3.12. The number of hydrazone groups is 1. The van der Waals surface area contributed by atoms with Crippen molar-refractivity contribution in [3.63, 3.8) is 0 Å². The number of methoxy groups -OCH3 is 3. The van der Waals surface area contributed by atoms with Crippen LogP contribution in [0.1, 0.15) is 231 Å². The first-order chi connectivity index (χ1) is 55.4. The maximum absolute atomic E-state index is 12.8. The lowest BCUT2D eigenvalue weighted by Gasteiger charge is -2.63. The van der Waals surface area contributed by atoms with Crippen molar-refractivity contribution in [3.8, 4) is 23.0 Å². The highest BCUT2D eigenvalue weighted by molar-refractivity contribution is 14.0. The SMILES string of the molecule is C.C.CN1CC[C@]23CCCC[C@@]2(O)[C@H]1Cc1ccc(O)cc13.COc1ccc2c(c1)[C@@]13CCCC[C@@]1(O)[C@@H](C2)N(C)CC3.COc1ccc2c(c1)[C@]13CCN(C)[C@H](C2)[C@]1(O)CC/C(=N\NS(=O)(=O)c1ccc(C)cc1)C3.COc1ccc2c(c1)[C@]13CCN(C)[C@H](C2)[C@]1(O)CCC(=O)C3.Cc1ccc2c(c1)[C@@]13CCCC[C@@]1(O)[C@@H](C2)N(C)CC3.F.I.[HH]. The molecule has 6 aromatic carbocycles. The number of carbonyl (C=O) groups is 1. The number of ether oxygens (including phenoxy) is 3. The number of nitrogens with zero attached hydrogens (tertiary/aromatic N) is 6. The molecule has 5 heterocycles. The van der Waals surface area contributed by atoms with Crippen molar-refractivity contribution in [1.82, 2.24) is 29.3 Å². The number of phenols is 1. The van der Waals surface area contributed by atoms with Gasteiger partial charge in [-0.3, -0.25) is 9.50 Å². The summed E-state index contributed by atoms with van der Waals surface area (Å²) in [5, 5.41) is 72.9. The molecule has 658 valence electrons. The van der Waals surface area contributed by atoms with E-state index in [9.17, 15) is 43.9 Å². The first kappa shape index (κ1) is 91.6. The van der Waals surface area contributed by atoms with Crippen LogP contribution in [-0.4, -0.2) is 223 Å². The Bertz CT molecular complexity index is 4830. The largest absolute Gasteiger partial charge is 0.508 e. The summed E-state index contributed by atoms with van der Waals surface area (Å²) in [4.78, 5) is 26.6. The van der Waals surface area contributed by atoms with Gasteiger partial charge in [0, 0.05) is 83.7 Å². The molecule has 10 bridgehead atoms. The Morgan fingerprint density at radius 1 is 0.400 bits per heavy atom. The molecule has 120 heavy (non-hydrogen) atoms. The van der Waals surface area contributed by atoms with Crippen molar-refractivity contribution >= 4 is 45.5 Å². The van der Waals surface area contributed by atoms with E-state index in [0.29, 0.717) is 50.3 Å². The van der Waals surface area contributed by atoms with Gasteiger partial charge in [0.2, 0.25) is 0 Å². The highest BCUT2D eigenvalue weighted by atomic mass is 127. The Kier molecular flexibility index (Phi) is 25.9. The molecule has 15 atom stereocenters. The smallest absolute Gasteiger partial charge is 0.276 e. The van der Waals surface area contributed by atoms with Crippen LogP contribution >= 0.6 is 24.0 Å². The number of nitrogens with one attached hydrogen (secondary N) is 1. The first-order valence-corrected chi connectivity index (χ1v) is 45.1. The van der Waals surface area contributed by atoms with Crippen LogP contribution in [-0.2, 0) is 74.0 Å². The fraction of sp³-hybridized carbons (Fsp3) is 0.612. The topological polar surface area (TPSA) is 241 Å². The molecule has 5 aliphatic heterocycles. The van der Waals surface area contributed by atoms with E-state index in [1.54, 1.807) is 51.7 Å². The summed E-state index contributed by atoms with van der Waals surface area (Å²) >= 11 is 0. The molecule has 10 fully saturated rings. The Balaban J connectivity index is 0.000000139. The maximum atomic E-state index is 12.8. The van der Waals surface area contributed by atoms with E-state index >= 15 is 0 Å². The summed E-state index contributed by atoms with van der Waals surface area (Å²) in [6, 6.07) is 39.1. The number of aromatic hydroxyl groups is 1. The molecular weight excluding hydrogens is 1650 g/mol. The molecule has 15 aliphatic rings. The number of piperidine rings is 5. The normalized spacial score (nSPS) is 35.3. The molecule has 0 amide bonds. The lowest BCUT2D eigenvalue weighted by molar-refractivity contribution is -0.168. The number of likely N-dealkylation sites (tertiary alicyclic amines) is 5. The number of Topliss-reactive ketones (excluding diaryl/α,β-unsaturated/α-hetero) is 1. The number of aryl methyl sites for hydroxylation is 2. The minimum Gasteiger partial charge on any atom is -0.508 e. The van der Waals surface area contributed by atoms with E-state index in [2.05, 4.69) is 143 Å².